The molecule has 0 bridgehead atoms. The number of thiazole rings is 1. The summed E-state index contributed by atoms with van der Waals surface area (Å²) in [6.45, 7) is 0. The van der Waals surface area contributed by atoms with E-state index in [9.17, 15) is 9.59 Å². The van der Waals surface area contributed by atoms with Crippen LogP contribution in [0.1, 0.15) is 17.4 Å². The first-order chi connectivity index (χ1) is 14.5. The molecule has 1 amide bonds. The molecule has 0 saturated carbocycles. The standard InChI is InChI=1S/C21H15Cl2N3O3S/c22-14-8-15(23)10-16(9-14)24-20(28)19(13-4-2-1-3-5-13)29-18(27)11-17-12-26-6-7-30-21(26)25-17/h1-10,12,19H,11H2,(H,24,28). The smallest absolute Gasteiger partial charge is 0.313 e. The van der Waals surface area contributed by atoms with Crippen LogP contribution in [-0.2, 0) is 20.7 Å². The fourth-order valence-corrected chi connectivity index (χ4v) is 4.16. The Balaban J connectivity index is 1.52. The maximum absolute atomic E-state index is 12.9. The number of imidazole rings is 1. The summed E-state index contributed by atoms with van der Waals surface area (Å²) < 4.78 is 7.38. The van der Waals surface area contributed by atoms with Crippen molar-refractivity contribution in [2.45, 2.75) is 12.5 Å². The Morgan fingerprint density at radius 2 is 1.87 bits per heavy atom. The van der Waals surface area contributed by atoms with Gasteiger partial charge < -0.3 is 10.1 Å². The number of carbonyl (C=O) groups excluding carboxylic acids is 2. The monoisotopic (exact) mass is 459 g/mol. The summed E-state index contributed by atoms with van der Waals surface area (Å²) in [4.78, 5) is 30.7. The van der Waals surface area contributed by atoms with Gasteiger partial charge in [-0.2, -0.15) is 0 Å². The predicted octanol–water partition coefficient (Wildman–Crippen LogP) is 5.17. The Morgan fingerprint density at radius 1 is 1.13 bits per heavy atom. The SMILES string of the molecule is O=C(Cc1cn2ccsc2n1)OC(C(=O)Nc1cc(Cl)cc(Cl)c1)c1ccccc1. The third-order valence-electron chi connectivity index (χ3n) is 4.19. The molecule has 0 spiro atoms. The second-order valence-corrected chi connectivity index (χ2v) is 8.18. The van der Waals surface area contributed by atoms with Crippen molar-refractivity contribution in [2.75, 3.05) is 5.32 Å². The van der Waals surface area contributed by atoms with Crippen LogP contribution in [-0.4, -0.2) is 21.3 Å². The molecule has 152 valence electrons. The lowest BCUT2D eigenvalue weighted by molar-refractivity contribution is -0.154. The van der Waals surface area contributed by atoms with E-state index in [0.29, 0.717) is 27.0 Å². The Bertz CT molecular complexity index is 1160. The Labute approximate surface area is 186 Å². The third-order valence-corrected chi connectivity index (χ3v) is 5.40. The van der Waals surface area contributed by atoms with Gasteiger partial charge >= 0.3 is 5.97 Å². The van der Waals surface area contributed by atoms with Crippen LogP contribution in [0.15, 0.2) is 66.3 Å². The van der Waals surface area contributed by atoms with Crippen LogP contribution in [0.4, 0.5) is 5.69 Å². The molecule has 6 nitrogen and oxygen atoms in total. The fourth-order valence-electron chi connectivity index (χ4n) is 2.92. The number of halogens is 2. The number of benzene rings is 2. The number of aromatic nitrogens is 2. The van der Waals surface area contributed by atoms with Crippen molar-refractivity contribution in [1.29, 1.82) is 0 Å². The first kappa shape index (κ1) is 20.4. The summed E-state index contributed by atoms with van der Waals surface area (Å²) in [6, 6.07) is 13.5. The molecule has 0 radical (unpaired) electrons. The lowest BCUT2D eigenvalue weighted by Gasteiger charge is -2.18. The molecule has 0 aliphatic carbocycles. The number of nitrogens with one attached hydrogen (secondary N) is 1. The first-order valence-electron chi connectivity index (χ1n) is 8.90. The molecule has 0 aliphatic heterocycles. The maximum Gasteiger partial charge on any atom is 0.313 e. The number of carbonyl (C=O) groups is 2. The number of anilines is 1. The number of rotatable bonds is 6. The Hall–Kier alpha value is -2.87. The molecule has 2 aromatic heterocycles. The van der Waals surface area contributed by atoms with Gasteiger partial charge in [-0.3, -0.25) is 14.0 Å². The van der Waals surface area contributed by atoms with E-state index in [-0.39, 0.29) is 6.42 Å². The van der Waals surface area contributed by atoms with E-state index < -0.39 is 18.0 Å². The van der Waals surface area contributed by atoms with Crippen molar-refractivity contribution in [3.05, 3.63) is 87.6 Å². The van der Waals surface area contributed by atoms with Crippen molar-refractivity contribution in [1.82, 2.24) is 9.38 Å². The van der Waals surface area contributed by atoms with Crippen molar-refractivity contribution in [3.63, 3.8) is 0 Å². The molecule has 0 aliphatic rings. The normalized spacial score (nSPS) is 11.9. The second kappa shape index (κ2) is 8.87. The van der Waals surface area contributed by atoms with Gasteiger partial charge in [0.15, 0.2) is 4.96 Å². The van der Waals surface area contributed by atoms with Gasteiger partial charge in [0, 0.05) is 39.1 Å². The van der Waals surface area contributed by atoms with Gasteiger partial charge in [0.2, 0.25) is 6.10 Å². The van der Waals surface area contributed by atoms with Gasteiger partial charge in [0.05, 0.1) is 12.1 Å². The summed E-state index contributed by atoms with van der Waals surface area (Å²) in [5, 5.41) is 5.37. The highest BCUT2D eigenvalue weighted by Crippen LogP contribution is 2.25. The van der Waals surface area contributed by atoms with Gasteiger partial charge in [0.25, 0.3) is 5.91 Å². The molecule has 4 aromatic rings. The molecule has 0 fully saturated rings. The summed E-state index contributed by atoms with van der Waals surface area (Å²) in [5.41, 5.74) is 1.52. The Morgan fingerprint density at radius 3 is 2.57 bits per heavy atom. The van der Waals surface area contributed by atoms with Crippen LogP contribution in [0.5, 0.6) is 0 Å². The fraction of sp³-hybridized carbons (Fsp3) is 0.0952. The van der Waals surface area contributed by atoms with E-state index in [0.717, 1.165) is 4.96 Å². The molecule has 9 heteroatoms. The highest BCUT2D eigenvalue weighted by molar-refractivity contribution is 7.15. The van der Waals surface area contributed by atoms with Crippen LogP contribution in [0.2, 0.25) is 10.0 Å². The predicted molar refractivity (Wildman–Crippen MR) is 117 cm³/mol. The minimum atomic E-state index is -1.14. The van der Waals surface area contributed by atoms with Crippen molar-refractivity contribution in [2.24, 2.45) is 0 Å². The highest BCUT2D eigenvalue weighted by Gasteiger charge is 2.26. The highest BCUT2D eigenvalue weighted by atomic mass is 35.5. The van der Waals surface area contributed by atoms with Crippen LogP contribution in [0.25, 0.3) is 4.96 Å². The number of amides is 1. The summed E-state index contributed by atoms with van der Waals surface area (Å²) in [7, 11) is 0. The number of nitrogens with zero attached hydrogens (tertiary/aromatic N) is 2. The number of fused-ring (bicyclic) bond motifs is 1. The zero-order valence-electron chi connectivity index (χ0n) is 15.4. The van der Waals surface area contributed by atoms with Gasteiger partial charge in [-0.05, 0) is 18.2 Å². The van der Waals surface area contributed by atoms with E-state index in [4.69, 9.17) is 27.9 Å². The lowest BCUT2D eigenvalue weighted by atomic mass is 10.1. The van der Waals surface area contributed by atoms with Gasteiger partial charge in [-0.25, -0.2) is 4.98 Å². The molecule has 0 saturated heterocycles. The van der Waals surface area contributed by atoms with Crippen molar-refractivity contribution >= 4 is 57.1 Å². The largest absolute Gasteiger partial charge is 0.447 e. The van der Waals surface area contributed by atoms with E-state index in [2.05, 4.69) is 10.3 Å². The molecule has 1 N–H and O–H groups in total. The van der Waals surface area contributed by atoms with Crippen LogP contribution in [0, 0.1) is 0 Å². The van der Waals surface area contributed by atoms with Crippen molar-refractivity contribution < 1.29 is 14.3 Å². The van der Waals surface area contributed by atoms with Gasteiger partial charge in [-0.1, -0.05) is 53.5 Å². The quantitative estimate of drug-likeness (QED) is 0.403. The minimum Gasteiger partial charge on any atom is -0.447 e. The van der Waals surface area contributed by atoms with Crippen LogP contribution in [0.3, 0.4) is 0 Å². The number of hydrogen-bond donors (Lipinski definition) is 1. The first-order valence-corrected chi connectivity index (χ1v) is 10.5. The molecule has 30 heavy (non-hydrogen) atoms. The lowest BCUT2D eigenvalue weighted by Crippen LogP contribution is -2.26. The van der Waals surface area contributed by atoms with Gasteiger partial charge in [0.1, 0.15) is 0 Å². The Kier molecular flexibility index (Phi) is 6.03. The molecular weight excluding hydrogens is 445 g/mol. The molecule has 1 unspecified atom stereocenters. The molecule has 4 rings (SSSR count). The maximum atomic E-state index is 12.9. The topological polar surface area (TPSA) is 72.7 Å². The van der Waals surface area contributed by atoms with Crippen LogP contribution >= 0.6 is 34.5 Å². The van der Waals surface area contributed by atoms with Crippen LogP contribution < -0.4 is 5.32 Å². The molecular formula is C21H15Cl2N3O3S. The summed E-state index contributed by atoms with van der Waals surface area (Å²) >= 11 is 13.5. The average Bonchev–Trinajstić information content (AvgIpc) is 3.27. The van der Waals surface area contributed by atoms with E-state index >= 15 is 0 Å². The van der Waals surface area contributed by atoms with Crippen molar-refractivity contribution in [3.8, 4) is 0 Å². The minimum absolute atomic E-state index is 0.0476. The summed E-state index contributed by atoms with van der Waals surface area (Å²) in [5.74, 6) is -1.08. The number of hydrogen-bond acceptors (Lipinski definition) is 5. The zero-order chi connectivity index (χ0) is 21.1. The second-order valence-electron chi connectivity index (χ2n) is 6.43. The molecule has 2 heterocycles. The molecule has 1 atom stereocenters. The molecule has 2 aromatic carbocycles. The van der Waals surface area contributed by atoms with E-state index in [1.807, 2.05) is 22.0 Å². The third kappa shape index (κ3) is 4.81. The number of esters is 1. The van der Waals surface area contributed by atoms with Gasteiger partial charge in [-0.15, -0.1) is 11.3 Å². The van der Waals surface area contributed by atoms with E-state index in [1.54, 1.807) is 48.7 Å². The van der Waals surface area contributed by atoms with E-state index in [1.165, 1.54) is 11.3 Å². The summed E-state index contributed by atoms with van der Waals surface area (Å²) in [6.07, 6.45) is 2.44. The zero-order valence-corrected chi connectivity index (χ0v) is 17.7. The number of ether oxygens (including phenoxy) is 1. The average molecular weight is 460 g/mol.